The highest BCUT2D eigenvalue weighted by atomic mass is 32.1. The summed E-state index contributed by atoms with van der Waals surface area (Å²) < 4.78 is 36.3. The fourth-order valence-electron chi connectivity index (χ4n) is 10.6. The van der Waals surface area contributed by atoms with Gasteiger partial charge in [-0.25, -0.2) is 23.5 Å². The summed E-state index contributed by atoms with van der Waals surface area (Å²) >= 11 is 1.27. The summed E-state index contributed by atoms with van der Waals surface area (Å²) in [4.78, 5) is 83.7. The Morgan fingerprint density at radius 1 is 0.870 bits per heavy atom. The molecule has 0 spiro atoms. The van der Waals surface area contributed by atoms with Crippen LogP contribution >= 0.6 is 11.3 Å². The maximum Gasteiger partial charge on any atom is 0.329 e. The minimum absolute atomic E-state index is 0.0805. The number of fused-ring (bicyclic) bond motifs is 3. The average Bonchev–Trinajstić information content (AvgIpc) is 4.19. The number of carbonyl (C=O) groups is 5. The van der Waals surface area contributed by atoms with E-state index in [4.69, 9.17) is 0 Å². The first-order valence-electron chi connectivity index (χ1n) is 23.4. The molecule has 20 heteroatoms. The number of aromatic nitrogens is 5. The number of piperazine rings is 1. The maximum absolute atomic E-state index is 16.6. The van der Waals surface area contributed by atoms with Crippen LogP contribution in [0.3, 0.4) is 0 Å². The highest BCUT2D eigenvalue weighted by molar-refractivity contribution is 7.13. The molecule has 356 valence electrons. The summed E-state index contributed by atoms with van der Waals surface area (Å²) in [5, 5.41) is 12.7. The van der Waals surface area contributed by atoms with Gasteiger partial charge in [0.05, 0.1) is 30.5 Å². The first-order chi connectivity index (χ1) is 33.4. The van der Waals surface area contributed by atoms with Crippen molar-refractivity contribution in [1.29, 1.82) is 0 Å². The van der Waals surface area contributed by atoms with Gasteiger partial charge in [0.25, 0.3) is 11.8 Å². The third kappa shape index (κ3) is 8.33. The molecular formula is C49H50F2N12O5S. The number of halogens is 2. The van der Waals surface area contributed by atoms with Gasteiger partial charge < -0.3 is 24.2 Å². The van der Waals surface area contributed by atoms with Gasteiger partial charge in [-0.05, 0) is 85.7 Å². The molecule has 69 heavy (non-hydrogen) atoms. The summed E-state index contributed by atoms with van der Waals surface area (Å²) in [5.74, 6) is -1.46. The number of aryl methyl sites for hydroxylation is 2. The van der Waals surface area contributed by atoms with Gasteiger partial charge in [0, 0.05) is 111 Å². The molecule has 8 heterocycles. The average molecular weight is 957 g/mol. The van der Waals surface area contributed by atoms with Gasteiger partial charge >= 0.3 is 6.03 Å². The number of carbonyl (C=O) groups excluding carboxylic acids is 5. The van der Waals surface area contributed by atoms with Gasteiger partial charge in [0.1, 0.15) is 11.5 Å². The van der Waals surface area contributed by atoms with Crippen LogP contribution in [0.25, 0.3) is 22.0 Å². The van der Waals surface area contributed by atoms with Crippen molar-refractivity contribution in [3.05, 3.63) is 101 Å². The molecule has 2 atom stereocenters. The number of hydrogen-bond acceptors (Lipinski definition) is 11. The SMILES string of the molecule is Cn1nc(N2CCC(=O)NC2=O)c2ccc(N3CCCC(F)(CC(=O)N4CCN(c5ccc(-c6cc(F)c7c(c6)C(=O)N(C(C(=O)Nc6nccs6)c6ncn8c6CCC8)C7)cc5)CC4)CC3)cc21. The first kappa shape index (κ1) is 44.3. The number of thiazole rings is 1. The Bertz CT molecular complexity index is 3020. The minimum Gasteiger partial charge on any atom is -0.371 e. The summed E-state index contributed by atoms with van der Waals surface area (Å²) in [6.07, 6.45) is 6.00. The Morgan fingerprint density at radius 2 is 1.67 bits per heavy atom. The molecule has 3 saturated heterocycles. The number of nitrogens with zero attached hydrogens (tertiary/aromatic N) is 10. The van der Waals surface area contributed by atoms with Crippen molar-refractivity contribution in [2.45, 2.75) is 69.7 Å². The van der Waals surface area contributed by atoms with Crippen molar-refractivity contribution < 1.29 is 32.8 Å². The first-order valence-corrected chi connectivity index (χ1v) is 24.3. The van der Waals surface area contributed by atoms with Crippen molar-refractivity contribution in [3.8, 4) is 11.1 Å². The van der Waals surface area contributed by atoms with E-state index in [1.54, 1.807) is 40.6 Å². The largest absolute Gasteiger partial charge is 0.371 e. The van der Waals surface area contributed by atoms with Crippen molar-refractivity contribution >= 4 is 74.2 Å². The molecule has 0 saturated carbocycles. The highest BCUT2D eigenvalue weighted by Crippen LogP contribution is 2.39. The smallest absolute Gasteiger partial charge is 0.329 e. The molecule has 0 bridgehead atoms. The third-order valence-corrected chi connectivity index (χ3v) is 15.0. The van der Waals surface area contributed by atoms with E-state index in [-0.39, 0.29) is 61.7 Å². The lowest BCUT2D eigenvalue weighted by Crippen LogP contribution is -2.50. The molecule has 0 radical (unpaired) electrons. The summed E-state index contributed by atoms with van der Waals surface area (Å²) in [6, 6.07) is 15.1. The van der Waals surface area contributed by atoms with E-state index in [1.807, 2.05) is 47.0 Å². The van der Waals surface area contributed by atoms with Gasteiger partial charge in [-0.3, -0.25) is 39.4 Å². The van der Waals surface area contributed by atoms with Gasteiger partial charge in [-0.2, -0.15) is 5.10 Å². The van der Waals surface area contributed by atoms with E-state index in [9.17, 15) is 24.0 Å². The Morgan fingerprint density at radius 3 is 2.45 bits per heavy atom. The predicted octanol–water partition coefficient (Wildman–Crippen LogP) is 6.20. The number of alkyl halides is 1. The Labute approximate surface area is 399 Å². The van der Waals surface area contributed by atoms with Gasteiger partial charge in [0.15, 0.2) is 17.0 Å². The third-order valence-electron chi connectivity index (χ3n) is 14.3. The second-order valence-electron chi connectivity index (χ2n) is 18.5. The van der Waals surface area contributed by atoms with E-state index in [2.05, 4.69) is 35.5 Å². The van der Waals surface area contributed by atoms with Crippen LogP contribution in [-0.4, -0.2) is 115 Å². The van der Waals surface area contributed by atoms with Crippen LogP contribution in [0.15, 0.2) is 72.5 Å². The second kappa shape index (κ2) is 17.7. The Hall–Kier alpha value is -7.22. The van der Waals surface area contributed by atoms with E-state index < -0.39 is 35.4 Å². The van der Waals surface area contributed by atoms with Crippen molar-refractivity contribution in [2.75, 3.05) is 65.8 Å². The number of hydrogen-bond donors (Lipinski definition) is 2. The standard InChI is InChI=1S/C49H50F2N12O5S/c1-57-39-26-33(9-10-34(39)44(56-57)62-17-11-40(64)54-48(62)68)58-16-3-12-49(51,13-18-58)27-41(65)60-21-19-59(20-22-60)32-7-5-30(6-8-32)31-24-35-36(37(50)25-31)28-63(46(35)67)43(45(66)55-47-52-14-23-69-47)42-38-4-2-15-61(38)29-53-42/h5-10,14,23-26,29,43H,2-4,11-13,15-22,27-28H2,1H3,(H,52,55,66)(H,54,64,68). The summed E-state index contributed by atoms with van der Waals surface area (Å²) in [7, 11) is 1.80. The molecular weight excluding hydrogens is 907 g/mol. The lowest BCUT2D eigenvalue weighted by Gasteiger charge is -2.37. The molecule has 0 aliphatic carbocycles. The second-order valence-corrected chi connectivity index (χ2v) is 19.4. The van der Waals surface area contributed by atoms with Crippen molar-refractivity contribution in [2.24, 2.45) is 7.05 Å². The molecule has 5 aliphatic heterocycles. The van der Waals surface area contributed by atoms with Crippen molar-refractivity contribution in [1.82, 2.24) is 39.4 Å². The number of urea groups is 1. The molecule has 6 amide bonds. The number of imidazole rings is 1. The van der Waals surface area contributed by atoms with Crippen LogP contribution < -0.4 is 25.3 Å². The van der Waals surface area contributed by atoms with Crippen LogP contribution in [0.4, 0.5) is 35.9 Å². The van der Waals surface area contributed by atoms with E-state index in [0.29, 0.717) is 67.9 Å². The number of benzene rings is 3. The highest BCUT2D eigenvalue weighted by Gasteiger charge is 2.43. The Kier molecular flexibility index (Phi) is 11.4. The monoisotopic (exact) mass is 956 g/mol. The van der Waals surface area contributed by atoms with Crippen LogP contribution in [0.1, 0.15) is 71.9 Å². The molecule has 5 aliphatic rings. The zero-order valence-electron chi connectivity index (χ0n) is 38.0. The van der Waals surface area contributed by atoms with Crippen LogP contribution in [-0.2, 0) is 40.9 Å². The number of imide groups is 1. The Balaban J connectivity index is 0.706. The van der Waals surface area contributed by atoms with Crippen LogP contribution in [0.2, 0.25) is 0 Å². The molecule has 6 aromatic rings. The lowest BCUT2D eigenvalue weighted by atomic mass is 9.92. The number of anilines is 4. The number of rotatable bonds is 10. The quantitative estimate of drug-likeness (QED) is 0.161. The van der Waals surface area contributed by atoms with Crippen LogP contribution in [0.5, 0.6) is 0 Å². The number of amides is 6. The van der Waals surface area contributed by atoms with Crippen molar-refractivity contribution in [3.63, 3.8) is 0 Å². The molecule has 11 rings (SSSR count). The normalized spacial score (nSPS) is 20.0. The zero-order chi connectivity index (χ0) is 47.6. The maximum atomic E-state index is 16.6. The zero-order valence-corrected chi connectivity index (χ0v) is 38.8. The predicted molar refractivity (Wildman–Crippen MR) is 255 cm³/mol. The lowest BCUT2D eigenvalue weighted by molar-refractivity contribution is -0.134. The molecule has 3 aromatic heterocycles. The molecule has 3 aromatic carbocycles. The molecule has 2 unspecified atom stereocenters. The fraction of sp³-hybridized carbons (Fsp3) is 0.388. The van der Waals surface area contributed by atoms with Gasteiger partial charge in [-0.1, -0.05) is 12.1 Å². The van der Waals surface area contributed by atoms with E-state index in [0.717, 1.165) is 52.9 Å². The minimum atomic E-state index is -1.64. The molecule has 2 N–H and O–H groups in total. The fourth-order valence-corrected chi connectivity index (χ4v) is 11.1. The van der Waals surface area contributed by atoms with Gasteiger partial charge in [-0.15, -0.1) is 11.3 Å². The topological polar surface area (TPSA) is 174 Å². The van der Waals surface area contributed by atoms with Gasteiger partial charge in [0.2, 0.25) is 11.8 Å². The van der Waals surface area contributed by atoms with E-state index >= 15 is 8.78 Å². The summed E-state index contributed by atoms with van der Waals surface area (Å²) in [6.45, 7) is 4.03. The van der Waals surface area contributed by atoms with E-state index in [1.165, 1.54) is 27.2 Å². The van der Waals surface area contributed by atoms with Crippen LogP contribution in [0, 0.1) is 5.82 Å². The summed E-state index contributed by atoms with van der Waals surface area (Å²) in [5.41, 5.74) is 4.08. The number of nitrogens with one attached hydrogen (secondary N) is 2. The molecule has 3 fully saturated rings. The molecule has 17 nitrogen and oxygen atoms in total.